The van der Waals surface area contributed by atoms with Crippen LogP contribution in [0.2, 0.25) is 0 Å². The van der Waals surface area contributed by atoms with Gasteiger partial charge in [-0.1, -0.05) is 16.9 Å². The zero-order valence-electron chi connectivity index (χ0n) is 17.2. The van der Waals surface area contributed by atoms with Crippen molar-refractivity contribution in [2.45, 2.75) is 17.2 Å². The molecule has 174 valence electrons. The molecule has 0 aliphatic carbocycles. The summed E-state index contributed by atoms with van der Waals surface area (Å²) >= 11 is 3.70. The predicted molar refractivity (Wildman–Crippen MR) is 119 cm³/mol. The maximum absolute atomic E-state index is 12.9. The van der Waals surface area contributed by atoms with Crippen LogP contribution in [-0.2, 0) is 26.3 Å². The fourth-order valence-corrected chi connectivity index (χ4v) is 6.05. The average Bonchev–Trinajstić information content (AvgIpc) is 3.40. The first-order chi connectivity index (χ1) is 15.8. The highest BCUT2D eigenvalue weighted by molar-refractivity contribution is 8.06. The van der Waals surface area contributed by atoms with Gasteiger partial charge in [-0.15, -0.1) is 28.2 Å². The number of aliphatic carboxylic acids is 1. The molecular formula is C16H17N9O5S3. The number of fused-ring (bicyclic) bond motifs is 1. The third kappa shape index (κ3) is 4.38. The van der Waals surface area contributed by atoms with Crippen LogP contribution in [0.4, 0.5) is 5.13 Å². The first kappa shape index (κ1) is 23.0. The number of nitrogens with two attached hydrogens (primary N) is 1. The van der Waals surface area contributed by atoms with Crippen LogP contribution in [0.1, 0.15) is 5.69 Å². The number of anilines is 1. The summed E-state index contributed by atoms with van der Waals surface area (Å²) in [5.74, 6) is -1.74. The van der Waals surface area contributed by atoms with E-state index in [1.54, 1.807) is 12.4 Å². The summed E-state index contributed by atoms with van der Waals surface area (Å²) < 4.78 is 1.47. The van der Waals surface area contributed by atoms with E-state index in [2.05, 4.69) is 31.0 Å². The summed E-state index contributed by atoms with van der Waals surface area (Å²) in [6.45, 7) is 0. The summed E-state index contributed by atoms with van der Waals surface area (Å²) in [4.78, 5) is 48.1. The van der Waals surface area contributed by atoms with Gasteiger partial charge in [-0.25, -0.2) is 14.5 Å². The lowest BCUT2D eigenvalue weighted by Gasteiger charge is -2.49. The van der Waals surface area contributed by atoms with Crippen LogP contribution in [0.15, 0.2) is 26.3 Å². The number of carboxylic acids is 1. The molecule has 0 radical (unpaired) electrons. The highest BCUT2D eigenvalue weighted by Gasteiger charge is 2.54. The molecule has 2 atom stereocenters. The monoisotopic (exact) mass is 511 g/mol. The van der Waals surface area contributed by atoms with E-state index in [1.807, 2.05) is 0 Å². The van der Waals surface area contributed by atoms with Crippen molar-refractivity contribution in [2.75, 3.05) is 24.3 Å². The topological polar surface area (TPSA) is 191 Å². The van der Waals surface area contributed by atoms with E-state index in [1.165, 1.54) is 40.2 Å². The Labute approximate surface area is 198 Å². The summed E-state index contributed by atoms with van der Waals surface area (Å²) in [6.07, 6.45) is 0. The van der Waals surface area contributed by atoms with Crippen molar-refractivity contribution in [3.8, 4) is 0 Å². The van der Waals surface area contributed by atoms with E-state index >= 15 is 0 Å². The van der Waals surface area contributed by atoms with Gasteiger partial charge in [-0.05, 0) is 10.4 Å². The minimum atomic E-state index is -1.23. The number of carbonyl (C=O) groups excluding carboxylic acids is 2. The number of aryl methyl sites for hydroxylation is 1. The molecule has 0 bridgehead atoms. The number of tetrazole rings is 1. The van der Waals surface area contributed by atoms with Crippen molar-refractivity contribution < 1.29 is 24.3 Å². The largest absolute Gasteiger partial charge is 0.477 e. The number of rotatable bonds is 8. The van der Waals surface area contributed by atoms with E-state index in [4.69, 9.17) is 10.6 Å². The van der Waals surface area contributed by atoms with Crippen LogP contribution in [0, 0.1) is 0 Å². The molecule has 0 spiro atoms. The minimum absolute atomic E-state index is 0.104. The van der Waals surface area contributed by atoms with Crippen LogP contribution in [-0.4, -0.2) is 89.4 Å². The Hall–Kier alpha value is -3.18. The van der Waals surface area contributed by atoms with Gasteiger partial charge in [0.1, 0.15) is 24.5 Å². The number of thioether (sulfide) groups is 2. The molecule has 0 aromatic carbocycles. The number of nitrogens with zero attached hydrogens (tertiary/aromatic N) is 7. The Balaban J connectivity index is 1.49. The van der Waals surface area contributed by atoms with Crippen LogP contribution in [0.3, 0.4) is 0 Å². The minimum Gasteiger partial charge on any atom is -0.477 e. The van der Waals surface area contributed by atoms with Gasteiger partial charge in [-0.3, -0.25) is 14.5 Å². The van der Waals surface area contributed by atoms with Crippen molar-refractivity contribution in [1.82, 2.24) is 35.4 Å². The number of carboxylic acid groups (broad SMARTS) is 1. The number of hydrogen-bond acceptors (Lipinski definition) is 13. The molecule has 4 heterocycles. The fraction of sp³-hybridized carbons (Fsp3) is 0.375. The fourth-order valence-electron chi connectivity index (χ4n) is 3.25. The molecule has 2 aliphatic heterocycles. The standard InChI is InChI=1S/C16H17N9O5S3/c1-24-16(20-22-23-24)33-5-8-11(14(28)29)25-7(4-31-8)10(13(25)27)19-12(26)9(21-30-2)6-3-32-15(17)18-6/h3,7,10H,4-5H2,1-2H3,(H2,17,18)(H,19,26)(H,28,29). The smallest absolute Gasteiger partial charge is 0.353 e. The lowest BCUT2D eigenvalue weighted by atomic mass is 9.94. The van der Waals surface area contributed by atoms with E-state index in [-0.39, 0.29) is 28.0 Å². The molecule has 2 amide bonds. The number of carbonyl (C=O) groups is 3. The Morgan fingerprint density at radius 3 is 2.88 bits per heavy atom. The zero-order chi connectivity index (χ0) is 23.7. The number of aromatic nitrogens is 5. The molecule has 4 rings (SSSR count). The van der Waals surface area contributed by atoms with E-state index in [0.29, 0.717) is 15.8 Å². The molecule has 1 fully saturated rings. The molecule has 2 unspecified atom stereocenters. The lowest BCUT2D eigenvalue weighted by Crippen LogP contribution is -2.73. The average molecular weight is 512 g/mol. The molecule has 4 N–H and O–H groups in total. The second-order valence-electron chi connectivity index (χ2n) is 6.68. The normalized spacial score (nSPS) is 20.4. The van der Waals surface area contributed by atoms with Gasteiger partial charge in [0, 0.05) is 28.8 Å². The highest BCUT2D eigenvalue weighted by atomic mass is 32.2. The van der Waals surface area contributed by atoms with Crippen molar-refractivity contribution in [1.29, 1.82) is 0 Å². The second-order valence-corrected chi connectivity index (χ2v) is 9.63. The number of nitrogen functional groups attached to an aromatic ring is 1. The number of β-lactam (4-membered cyclic amide) rings is 1. The second kappa shape index (κ2) is 9.36. The summed E-state index contributed by atoms with van der Waals surface area (Å²) in [6, 6.07) is -1.43. The van der Waals surface area contributed by atoms with Gasteiger partial charge in [0.05, 0.1) is 6.04 Å². The number of nitrogens with one attached hydrogen (secondary N) is 1. The van der Waals surface area contributed by atoms with Crippen molar-refractivity contribution in [3.05, 3.63) is 21.7 Å². The molecule has 1 saturated heterocycles. The third-order valence-electron chi connectivity index (χ3n) is 4.72. The zero-order valence-corrected chi connectivity index (χ0v) is 19.6. The predicted octanol–water partition coefficient (Wildman–Crippen LogP) is -0.870. The first-order valence-corrected chi connectivity index (χ1v) is 12.1. The number of oxime groups is 1. The molecule has 0 saturated carbocycles. The molecule has 17 heteroatoms. The van der Waals surface area contributed by atoms with Crippen LogP contribution in [0.5, 0.6) is 0 Å². The van der Waals surface area contributed by atoms with Gasteiger partial charge in [-0.2, -0.15) is 0 Å². The molecule has 2 aliphatic rings. The third-order valence-corrected chi connectivity index (χ3v) is 7.81. The van der Waals surface area contributed by atoms with Gasteiger partial charge >= 0.3 is 5.97 Å². The van der Waals surface area contributed by atoms with Crippen LogP contribution >= 0.6 is 34.9 Å². The Bertz CT molecular complexity index is 1180. The SMILES string of the molecule is CON=C(C(=O)NC1C(=O)N2C(C(=O)O)=C(CSc3nnnn3C)SCC12)c1csc(N)n1. The van der Waals surface area contributed by atoms with Gasteiger partial charge in [0.25, 0.3) is 11.8 Å². The molecule has 2 aromatic rings. The molecular weight excluding hydrogens is 494 g/mol. The summed E-state index contributed by atoms with van der Waals surface area (Å²) in [5.41, 5.74) is 5.59. The lowest BCUT2D eigenvalue weighted by molar-refractivity contribution is -0.153. The maximum atomic E-state index is 12.9. The van der Waals surface area contributed by atoms with Crippen LogP contribution < -0.4 is 11.1 Å². The quantitative estimate of drug-likeness (QED) is 0.172. The Morgan fingerprint density at radius 1 is 1.48 bits per heavy atom. The Morgan fingerprint density at radius 2 is 2.27 bits per heavy atom. The maximum Gasteiger partial charge on any atom is 0.353 e. The van der Waals surface area contributed by atoms with Gasteiger partial charge in [0.2, 0.25) is 5.16 Å². The highest BCUT2D eigenvalue weighted by Crippen LogP contribution is 2.40. The molecule has 2 aromatic heterocycles. The van der Waals surface area contributed by atoms with E-state index < -0.39 is 29.9 Å². The summed E-state index contributed by atoms with van der Waals surface area (Å²) in [7, 11) is 2.95. The van der Waals surface area contributed by atoms with E-state index in [0.717, 1.165) is 11.3 Å². The van der Waals surface area contributed by atoms with Gasteiger partial charge < -0.3 is 21.0 Å². The number of amides is 2. The number of hydrogen-bond donors (Lipinski definition) is 3. The van der Waals surface area contributed by atoms with Gasteiger partial charge in [0.15, 0.2) is 10.8 Å². The van der Waals surface area contributed by atoms with Crippen molar-refractivity contribution in [2.24, 2.45) is 12.2 Å². The van der Waals surface area contributed by atoms with Crippen LogP contribution in [0.25, 0.3) is 0 Å². The first-order valence-electron chi connectivity index (χ1n) is 9.22. The number of thiazole rings is 1. The van der Waals surface area contributed by atoms with E-state index in [9.17, 15) is 19.5 Å². The molecule has 14 nitrogen and oxygen atoms in total. The summed E-state index contributed by atoms with van der Waals surface area (Å²) in [5, 5.41) is 29.5. The Kier molecular flexibility index (Phi) is 6.52. The molecule has 33 heavy (non-hydrogen) atoms. The van der Waals surface area contributed by atoms with Crippen molar-refractivity contribution >= 4 is 63.5 Å². The van der Waals surface area contributed by atoms with Crippen molar-refractivity contribution in [3.63, 3.8) is 0 Å².